The fourth-order valence-corrected chi connectivity index (χ4v) is 3.15. The summed E-state index contributed by atoms with van der Waals surface area (Å²) in [5.41, 5.74) is 0. The molecule has 1 rings (SSSR count). The Morgan fingerprint density at radius 2 is 1.87 bits per heavy atom. The molecule has 0 radical (unpaired) electrons. The minimum atomic E-state index is -3.32. The van der Waals surface area contributed by atoms with Crippen molar-refractivity contribution in [1.29, 1.82) is 0 Å². The molecule has 0 aromatic rings. The van der Waals surface area contributed by atoms with Crippen molar-refractivity contribution in [2.24, 2.45) is 5.92 Å². The Morgan fingerprint density at radius 1 is 1.33 bits per heavy atom. The van der Waals surface area contributed by atoms with E-state index in [0.29, 0.717) is 12.5 Å². The monoisotopic (exact) mass is 235 g/mol. The van der Waals surface area contributed by atoms with Crippen molar-refractivity contribution in [3.63, 3.8) is 0 Å². The number of sulfonamides is 1. The molecule has 0 aromatic heterocycles. The number of rotatable bonds is 6. The molecule has 0 bridgehead atoms. The highest BCUT2D eigenvalue weighted by Gasteiger charge is 2.35. The second-order valence-corrected chi connectivity index (χ2v) is 6.95. The molecule has 90 valence electrons. The maximum Gasteiger partial charge on any atom is 0.219 e. The van der Waals surface area contributed by atoms with E-state index in [2.05, 4.69) is 0 Å². The molecule has 0 amide bonds. The van der Waals surface area contributed by atoms with Gasteiger partial charge in [0, 0.05) is 12.6 Å². The number of aliphatic hydroxyl groups excluding tert-OH is 1. The van der Waals surface area contributed by atoms with Gasteiger partial charge in [0.25, 0.3) is 0 Å². The average molecular weight is 235 g/mol. The van der Waals surface area contributed by atoms with Crippen molar-refractivity contribution in [3.05, 3.63) is 0 Å². The number of nitrogens with zero attached hydrogens (tertiary/aromatic N) is 1. The molecule has 15 heavy (non-hydrogen) atoms. The van der Waals surface area contributed by atoms with Crippen molar-refractivity contribution >= 4 is 10.0 Å². The Balaban J connectivity index is 2.76. The van der Waals surface area contributed by atoms with Gasteiger partial charge in [-0.2, -0.15) is 4.31 Å². The van der Waals surface area contributed by atoms with Crippen LogP contribution < -0.4 is 0 Å². The maximum atomic E-state index is 12.0. The van der Waals surface area contributed by atoms with E-state index in [4.69, 9.17) is 5.11 Å². The zero-order chi connectivity index (χ0) is 11.6. The quantitative estimate of drug-likeness (QED) is 0.741. The van der Waals surface area contributed by atoms with Crippen LogP contribution >= 0.6 is 0 Å². The van der Waals surface area contributed by atoms with Crippen LogP contribution in [0.3, 0.4) is 0 Å². The highest BCUT2D eigenvalue weighted by atomic mass is 32.2. The van der Waals surface area contributed by atoms with Crippen LogP contribution in [0, 0.1) is 5.92 Å². The normalized spacial score (nSPS) is 19.9. The molecule has 1 aliphatic carbocycles. The largest absolute Gasteiger partial charge is 0.395 e. The summed E-state index contributed by atoms with van der Waals surface area (Å²) in [7, 11) is -3.32. The van der Waals surface area contributed by atoms with Crippen LogP contribution in [-0.4, -0.2) is 42.3 Å². The number of hydrogen-bond donors (Lipinski definition) is 1. The Hall–Kier alpha value is -0.130. The minimum Gasteiger partial charge on any atom is -0.395 e. The van der Waals surface area contributed by atoms with E-state index in [1.807, 2.05) is 13.8 Å². The highest BCUT2D eigenvalue weighted by Crippen LogP contribution is 2.31. The maximum absolute atomic E-state index is 12.0. The Kier molecular flexibility index (Phi) is 4.14. The molecule has 1 saturated carbocycles. The van der Waals surface area contributed by atoms with E-state index in [1.54, 1.807) is 6.92 Å². The summed E-state index contributed by atoms with van der Waals surface area (Å²) in [6.07, 6.45) is 2.26. The molecule has 4 nitrogen and oxygen atoms in total. The molecule has 1 N–H and O–H groups in total. The van der Waals surface area contributed by atoms with Gasteiger partial charge in [0.1, 0.15) is 0 Å². The third kappa shape index (κ3) is 3.16. The third-order valence-electron chi connectivity index (χ3n) is 2.80. The van der Waals surface area contributed by atoms with Gasteiger partial charge in [-0.3, -0.25) is 0 Å². The number of aliphatic hydroxyl groups is 1. The van der Waals surface area contributed by atoms with Crippen LogP contribution in [0.1, 0.15) is 33.6 Å². The Labute approximate surface area is 92.3 Å². The standard InChI is InChI=1S/C10H21NO3S/c1-8(2)11(6-10-4-5-10)15(13,14)9(3)7-12/h8-10,12H,4-7H2,1-3H3. The smallest absolute Gasteiger partial charge is 0.219 e. The zero-order valence-corrected chi connectivity index (χ0v) is 10.5. The first-order valence-corrected chi connectivity index (χ1v) is 7.01. The molecular formula is C10H21NO3S. The van der Waals surface area contributed by atoms with E-state index in [0.717, 1.165) is 12.8 Å². The SMILES string of the molecule is CC(C)N(CC1CC1)S(=O)(=O)C(C)CO. The second kappa shape index (κ2) is 4.80. The van der Waals surface area contributed by atoms with E-state index in [1.165, 1.54) is 4.31 Å². The first-order valence-electron chi connectivity index (χ1n) is 5.51. The van der Waals surface area contributed by atoms with Crippen LogP contribution in [0.2, 0.25) is 0 Å². The van der Waals surface area contributed by atoms with Crippen molar-refractivity contribution in [1.82, 2.24) is 4.31 Å². The van der Waals surface area contributed by atoms with E-state index in [9.17, 15) is 8.42 Å². The lowest BCUT2D eigenvalue weighted by atomic mass is 10.3. The third-order valence-corrected chi connectivity index (χ3v) is 5.19. The van der Waals surface area contributed by atoms with E-state index < -0.39 is 15.3 Å². The molecular weight excluding hydrogens is 214 g/mol. The van der Waals surface area contributed by atoms with Gasteiger partial charge in [0.15, 0.2) is 0 Å². The van der Waals surface area contributed by atoms with Gasteiger partial charge < -0.3 is 5.11 Å². The first-order chi connectivity index (χ1) is 6.89. The van der Waals surface area contributed by atoms with Crippen LogP contribution in [0.5, 0.6) is 0 Å². The fraction of sp³-hybridized carbons (Fsp3) is 1.00. The van der Waals surface area contributed by atoms with Gasteiger partial charge >= 0.3 is 0 Å². The predicted octanol–water partition coefficient (Wildman–Crippen LogP) is 0.817. The van der Waals surface area contributed by atoms with E-state index in [-0.39, 0.29) is 12.6 Å². The number of hydrogen-bond acceptors (Lipinski definition) is 3. The lowest BCUT2D eigenvalue weighted by molar-refractivity contribution is 0.281. The van der Waals surface area contributed by atoms with Gasteiger partial charge in [-0.25, -0.2) is 8.42 Å². The summed E-state index contributed by atoms with van der Waals surface area (Å²) in [5, 5.41) is 8.25. The summed E-state index contributed by atoms with van der Waals surface area (Å²) in [4.78, 5) is 0. The van der Waals surface area contributed by atoms with Gasteiger partial charge in [0.05, 0.1) is 11.9 Å². The van der Waals surface area contributed by atoms with Crippen molar-refractivity contribution in [2.45, 2.75) is 44.9 Å². The topological polar surface area (TPSA) is 57.6 Å². The summed E-state index contributed by atoms with van der Waals surface area (Å²) in [5.74, 6) is 0.535. The lowest BCUT2D eigenvalue weighted by Crippen LogP contribution is -2.44. The van der Waals surface area contributed by atoms with Crippen LogP contribution in [0.25, 0.3) is 0 Å². The van der Waals surface area contributed by atoms with Crippen molar-refractivity contribution in [2.75, 3.05) is 13.2 Å². The molecule has 0 saturated heterocycles. The molecule has 0 heterocycles. The van der Waals surface area contributed by atoms with E-state index >= 15 is 0 Å². The van der Waals surface area contributed by atoms with Crippen LogP contribution in [-0.2, 0) is 10.0 Å². The Bertz CT molecular complexity index is 296. The zero-order valence-electron chi connectivity index (χ0n) is 9.68. The van der Waals surface area contributed by atoms with Gasteiger partial charge in [-0.15, -0.1) is 0 Å². The molecule has 0 spiro atoms. The van der Waals surface area contributed by atoms with Gasteiger partial charge in [-0.05, 0) is 39.5 Å². The van der Waals surface area contributed by atoms with Crippen LogP contribution in [0.15, 0.2) is 0 Å². The van der Waals surface area contributed by atoms with Crippen LogP contribution in [0.4, 0.5) is 0 Å². The fourth-order valence-electron chi connectivity index (χ4n) is 1.49. The first kappa shape index (κ1) is 12.9. The predicted molar refractivity (Wildman–Crippen MR) is 60.0 cm³/mol. The average Bonchev–Trinajstić information content (AvgIpc) is 2.95. The molecule has 0 aromatic carbocycles. The van der Waals surface area contributed by atoms with Crippen molar-refractivity contribution in [3.8, 4) is 0 Å². The van der Waals surface area contributed by atoms with Gasteiger partial charge in [-0.1, -0.05) is 0 Å². The Morgan fingerprint density at radius 3 is 2.20 bits per heavy atom. The molecule has 1 fully saturated rings. The molecule has 1 unspecified atom stereocenters. The van der Waals surface area contributed by atoms with Gasteiger partial charge in [0.2, 0.25) is 10.0 Å². The minimum absolute atomic E-state index is 0.0235. The summed E-state index contributed by atoms with van der Waals surface area (Å²) in [6.45, 7) is 5.62. The molecule has 0 aliphatic heterocycles. The summed E-state index contributed by atoms with van der Waals surface area (Å²) in [6, 6.07) is -0.0235. The van der Waals surface area contributed by atoms with Crippen molar-refractivity contribution < 1.29 is 13.5 Å². The highest BCUT2D eigenvalue weighted by molar-refractivity contribution is 7.89. The summed E-state index contributed by atoms with van der Waals surface area (Å²) < 4.78 is 25.6. The summed E-state index contributed by atoms with van der Waals surface area (Å²) >= 11 is 0. The second-order valence-electron chi connectivity index (χ2n) is 4.64. The molecule has 1 atom stereocenters. The molecule has 5 heteroatoms. The molecule has 1 aliphatic rings. The lowest BCUT2D eigenvalue weighted by Gasteiger charge is -2.28.